The predicted octanol–water partition coefficient (Wildman–Crippen LogP) is 14.0. The molecule has 0 amide bonds. The lowest BCUT2D eigenvalue weighted by atomic mass is 10.0. The quantitative estimate of drug-likeness (QED) is 0.171. The Morgan fingerprint density at radius 1 is 0.412 bits per heavy atom. The van der Waals surface area contributed by atoms with E-state index in [0.29, 0.717) is 0 Å². The highest BCUT2D eigenvalue weighted by atomic mass is 32.1. The Bertz CT molecular complexity index is 2850. The molecule has 2 heterocycles. The Labute approximate surface area is 300 Å². The Morgan fingerprint density at radius 3 is 1.90 bits per heavy atom. The average molecular weight is 669 g/mol. The molecule has 10 aromatic rings. The minimum Gasteiger partial charge on any atom is -0.309 e. The van der Waals surface area contributed by atoms with E-state index >= 15 is 0 Å². The fraction of sp³-hybridized carbons (Fsp3) is 0. The number of para-hydroxylation sites is 3. The van der Waals surface area contributed by atoms with Gasteiger partial charge in [-0.05, 0) is 71.3 Å². The summed E-state index contributed by atoms with van der Waals surface area (Å²) in [5.74, 6) is 0. The van der Waals surface area contributed by atoms with Gasteiger partial charge < -0.3 is 9.47 Å². The second-order valence-electron chi connectivity index (χ2n) is 12.9. The van der Waals surface area contributed by atoms with Gasteiger partial charge in [0, 0.05) is 48.9 Å². The third-order valence-corrected chi connectivity index (χ3v) is 11.2. The van der Waals surface area contributed by atoms with Crippen molar-refractivity contribution in [2.75, 3.05) is 4.90 Å². The molecular formula is C48H32N2S. The summed E-state index contributed by atoms with van der Waals surface area (Å²) in [5.41, 5.74) is 11.8. The maximum absolute atomic E-state index is 2.43. The number of thiophene rings is 1. The first-order chi connectivity index (χ1) is 25.3. The third-order valence-electron chi connectivity index (χ3n) is 9.98. The van der Waals surface area contributed by atoms with E-state index in [0.717, 1.165) is 17.1 Å². The summed E-state index contributed by atoms with van der Waals surface area (Å²) in [4.78, 5) is 2.43. The second kappa shape index (κ2) is 12.2. The van der Waals surface area contributed by atoms with Crippen LogP contribution >= 0.6 is 11.3 Å². The van der Waals surface area contributed by atoms with Gasteiger partial charge in [0.2, 0.25) is 0 Å². The molecule has 51 heavy (non-hydrogen) atoms. The summed E-state index contributed by atoms with van der Waals surface area (Å²) >= 11 is 1.86. The summed E-state index contributed by atoms with van der Waals surface area (Å²) in [7, 11) is 0. The molecule has 0 fully saturated rings. The van der Waals surface area contributed by atoms with Crippen LogP contribution in [0.4, 0.5) is 17.1 Å². The van der Waals surface area contributed by atoms with Gasteiger partial charge in [-0.1, -0.05) is 140 Å². The van der Waals surface area contributed by atoms with Gasteiger partial charge in [0.25, 0.3) is 0 Å². The average Bonchev–Trinajstić information content (AvgIpc) is 3.76. The van der Waals surface area contributed by atoms with Gasteiger partial charge in [-0.15, -0.1) is 11.3 Å². The molecule has 240 valence electrons. The summed E-state index contributed by atoms with van der Waals surface area (Å²) < 4.78 is 5.00. The molecule has 0 saturated carbocycles. The number of hydrogen-bond donors (Lipinski definition) is 0. The molecule has 0 N–H and O–H groups in total. The van der Waals surface area contributed by atoms with E-state index in [-0.39, 0.29) is 0 Å². The van der Waals surface area contributed by atoms with Crippen LogP contribution in [0.3, 0.4) is 0 Å². The number of hydrogen-bond acceptors (Lipinski definition) is 2. The molecule has 2 nitrogen and oxygen atoms in total. The van der Waals surface area contributed by atoms with Crippen LogP contribution in [0.1, 0.15) is 0 Å². The maximum Gasteiger partial charge on any atom is 0.0640 e. The van der Waals surface area contributed by atoms with Crippen molar-refractivity contribution in [1.82, 2.24) is 4.57 Å². The Kier molecular flexibility index (Phi) is 7.04. The number of nitrogens with zero attached hydrogens (tertiary/aromatic N) is 2. The van der Waals surface area contributed by atoms with E-state index in [9.17, 15) is 0 Å². The first-order valence-electron chi connectivity index (χ1n) is 17.4. The molecule has 0 bridgehead atoms. The predicted molar refractivity (Wildman–Crippen MR) is 219 cm³/mol. The van der Waals surface area contributed by atoms with Crippen molar-refractivity contribution in [3.63, 3.8) is 0 Å². The molecule has 3 heteroatoms. The van der Waals surface area contributed by atoms with Gasteiger partial charge in [-0.2, -0.15) is 0 Å². The summed E-state index contributed by atoms with van der Waals surface area (Å²) in [6.45, 7) is 0. The van der Waals surface area contributed by atoms with Gasteiger partial charge in [-0.25, -0.2) is 0 Å². The highest BCUT2D eigenvalue weighted by Gasteiger charge is 2.20. The van der Waals surface area contributed by atoms with Crippen molar-refractivity contribution in [2.45, 2.75) is 0 Å². The van der Waals surface area contributed by atoms with E-state index in [4.69, 9.17) is 0 Å². The molecule has 0 spiro atoms. The normalized spacial score (nSPS) is 11.5. The van der Waals surface area contributed by atoms with Gasteiger partial charge in [0.1, 0.15) is 0 Å². The van der Waals surface area contributed by atoms with Crippen LogP contribution in [-0.4, -0.2) is 4.57 Å². The lowest BCUT2D eigenvalue weighted by molar-refractivity contribution is 1.18. The minimum atomic E-state index is 1.12. The molecule has 10 rings (SSSR count). The molecule has 0 aliphatic rings. The van der Waals surface area contributed by atoms with E-state index in [1.165, 1.54) is 69.9 Å². The fourth-order valence-corrected chi connectivity index (χ4v) is 8.88. The van der Waals surface area contributed by atoms with E-state index in [1.807, 2.05) is 11.3 Å². The van der Waals surface area contributed by atoms with E-state index < -0.39 is 0 Å². The molecule has 0 aliphatic carbocycles. The number of rotatable bonds is 6. The smallest absolute Gasteiger partial charge is 0.0640 e. The van der Waals surface area contributed by atoms with Gasteiger partial charge in [0.15, 0.2) is 0 Å². The molecule has 0 radical (unpaired) electrons. The highest BCUT2D eigenvalue weighted by molar-refractivity contribution is 7.26. The highest BCUT2D eigenvalue weighted by Crippen LogP contribution is 2.46. The number of aromatic nitrogens is 1. The van der Waals surface area contributed by atoms with Crippen molar-refractivity contribution in [3.8, 4) is 27.9 Å². The lowest BCUT2D eigenvalue weighted by Gasteiger charge is -2.27. The summed E-state index contributed by atoms with van der Waals surface area (Å²) in [6.07, 6.45) is 0. The third kappa shape index (κ3) is 4.93. The number of anilines is 3. The van der Waals surface area contributed by atoms with Crippen LogP contribution in [0.5, 0.6) is 0 Å². The maximum atomic E-state index is 2.43. The van der Waals surface area contributed by atoms with Crippen LogP contribution in [0.15, 0.2) is 194 Å². The van der Waals surface area contributed by atoms with Crippen molar-refractivity contribution in [1.29, 1.82) is 0 Å². The van der Waals surface area contributed by atoms with Crippen LogP contribution in [0.2, 0.25) is 0 Å². The van der Waals surface area contributed by atoms with Crippen molar-refractivity contribution < 1.29 is 0 Å². The molecule has 2 aromatic heterocycles. The van der Waals surface area contributed by atoms with Gasteiger partial charge in [0.05, 0.1) is 21.4 Å². The fourth-order valence-electron chi connectivity index (χ4n) is 7.68. The SMILES string of the molecule is c1ccc(-c2cccc(N(c3ccc(-c4cccc5c6ccccc6n(-c6ccccc6)c45)cc3)c3cccc4c3sc3ccccc34)c2)cc1. The van der Waals surface area contributed by atoms with Crippen LogP contribution < -0.4 is 4.90 Å². The Balaban J connectivity index is 1.17. The first kappa shape index (κ1) is 29.5. The zero-order valence-corrected chi connectivity index (χ0v) is 28.6. The molecule has 0 aliphatic heterocycles. The van der Waals surface area contributed by atoms with Crippen molar-refractivity contribution in [2.24, 2.45) is 0 Å². The number of benzene rings is 8. The van der Waals surface area contributed by atoms with Crippen LogP contribution in [0.25, 0.3) is 69.9 Å². The van der Waals surface area contributed by atoms with Gasteiger partial charge >= 0.3 is 0 Å². The molecule has 0 atom stereocenters. The standard InChI is InChI=1S/C48H32N2S/c1-3-14-33(15-4-1)35-16-11-19-38(32-35)49(45-26-13-24-43-41-21-8-10-27-46(41)51-48(43)45)37-30-28-34(29-31-37)39-22-12-23-42-40-20-7-9-25-44(40)50(47(39)42)36-17-5-2-6-18-36/h1-32H. The van der Waals surface area contributed by atoms with Crippen LogP contribution in [-0.2, 0) is 0 Å². The summed E-state index contributed by atoms with van der Waals surface area (Å²) in [6, 6.07) is 70.3. The monoisotopic (exact) mass is 668 g/mol. The molecule has 0 saturated heterocycles. The molecule has 8 aromatic carbocycles. The van der Waals surface area contributed by atoms with Gasteiger partial charge in [-0.3, -0.25) is 0 Å². The largest absolute Gasteiger partial charge is 0.309 e. The summed E-state index contributed by atoms with van der Waals surface area (Å²) in [5, 5.41) is 5.10. The minimum absolute atomic E-state index is 1.12. The van der Waals surface area contributed by atoms with Crippen molar-refractivity contribution in [3.05, 3.63) is 194 Å². The van der Waals surface area contributed by atoms with Crippen molar-refractivity contribution >= 4 is 70.4 Å². The molecular weight excluding hydrogens is 637 g/mol. The zero-order chi connectivity index (χ0) is 33.7. The van der Waals surface area contributed by atoms with E-state index in [2.05, 4.69) is 204 Å². The Hall–Kier alpha value is -6.42. The van der Waals surface area contributed by atoms with Crippen LogP contribution in [0, 0.1) is 0 Å². The van der Waals surface area contributed by atoms with E-state index in [1.54, 1.807) is 0 Å². The Morgan fingerprint density at radius 2 is 1.06 bits per heavy atom. The zero-order valence-electron chi connectivity index (χ0n) is 27.8. The number of fused-ring (bicyclic) bond motifs is 6. The topological polar surface area (TPSA) is 8.17 Å². The second-order valence-corrected chi connectivity index (χ2v) is 14.0. The lowest BCUT2D eigenvalue weighted by Crippen LogP contribution is -2.10. The molecule has 0 unspecified atom stereocenters. The first-order valence-corrected chi connectivity index (χ1v) is 18.2.